The second-order valence-electron chi connectivity index (χ2n) is 14.0. The minimum atomic E-state index is -0.0260. The molecule has 2 aromatic heterocycles. The summed E-state index contributed by atoms with van der Waals surface area (Å²) >= 11 is 0. The summed E-state index contributed by atoms with van der Waals surface area (Å²) in [7, 11) is 0. The molecule has 46 heavy (non-hydrogen) atoms. The molecule has 0 fully saturated rings. The van der Waals surface area contributed by atoms with E-state index in [1.165, 1.54) is 38.6 Å². The van der Waals surface area contributed by atoms with Gasteiger partial charge in [0.05, 0.1) is 17.1 Å². The van der Waals surface area contributed by atoms with Crippen LogP contribution in [0.2, 0.25) is 0 Å². The van der Waals surface area contributed by atoms with Crippen LogP contribution < -0.4 is 4.74 Å². The SMILES string of the molecule is Cc1cc(Oc2ccc3c4cc(C)ccc4n(-c4cc(C(C)(C)C)ccn4)c3c2)cc(C2=N[C@@H]3CCc4c(C)cccc4[C@@H]3O2)c1. The number of fused-ring (bicyclic) bond motifs is 6. The number of hydrogen-bond donors (Lipinski definition) is 0. The van der Waals surface area contributed by atoms with Crippen LogP contribution in [0.25, 0.3) is 27.6 Å². The van der Waals surface area contributed by atoms with Crippen molar-refractivity contribution in [3.05, 3.63) is 130 Å². The molecule has 0 radical (unpaired) electrons. The fraction of sp³-hybridized carbons (Fsp3) is 0.268. The first kappa shape index (κ1) is 28.6. The van der Waals surface area contributed by atoms with Crippen molar-refractivity contribution in [3.63, 3.8) is 0 Å². The molecule has 3 heterocycles. The maximum absolute atomic E-state index is 6.60. The van der Waals surface area contributed by atoms with E-state index in [0.29, 0.717) is 5.90 Å². The molecule has 1 aliphatic heterocycles. The normalized spacial score (nSPS) is 17.5. The second-order valence-corrected chi connectivity index (χ2v) is 14.0. The first-order chi connectivity index (χ1) is 22.1. The third kappa shape index (κ3) is 4.86. The zero-order valence-electron chi connectivity index (χ0n) is 27.4. The lowest BCUT2D eigenvalue weighted by Gasteiger charge is -2.27. The summed E-state index contributed by atoms with van der Waals surface area (Å²) in [6.45, 7) is 13.1. The molecule has 5 nitrogen and oxygen atoms in total. The summed E-state index contributed by atoms with van der Waals surface area (Å²) in [5.74, 6) is 3.14. The van der Waals surface area contributed by atoms with Crippen LogP contribution in [0.4, 0.5) is 0 Å². The summed E-state index contributed by atoms with van der Waals surface area (Å²) < 4.78 is 15.4. The van der Waals surface area contributed by atoms with Gasteiger partial charge in [-0.1, -0.05) is 50.6 Å². The molecule has 4 aromatic carbocycles. The molecule has 6 aromatic rings. The highest BCUT2D eigenvalue weighted by atomic mass is 16.5. The average Bonchev–Trinajstić information content (AvgIpc) is 3.60. The summed E-state index contributed by atoms with van der Waals surface area (Å²) in [6.07, 6.45) is 3.93. The Morgan fingerprint density at radius 3 is 2.52 bits per heavy atom. The van der Waals surface area contributed by atoms with Gasteiger partial charge in [-0.2, -0.15) is 0 Å². The lowest BCUT2D eigenvalue weighted by molar-refractivity contribution is 0.182. The number of ether oxygens (including phenoxy) is 2. The zero-order valence-corrected chi connectivity index (χ0v) is 27.4. The lowest BCUT2D eigenvalue weighted by atomic mass is 9.84. The molecule has 0 amide bonds. The van der Waals surface area contributed by atoms with Crippen molar-refractivity contribution in [3.8, 4) is 17.3 Å². The van der Waals surface area contributed by atoms with Crippen LogP contribution in [0.15, 0.2) is 96.1 Å². The van der Waals surface area contributed by atoms with E-state index in [4.69, 9.17) is 19.5 Å². The van der Waals surface area contributed by atoms with E-state index in [1.54, 1.807) is 0 Å². The topological polar surface area (TPSA) is 48.6 Å². The van der Waals surface area contributed by atoms with Crippen LogP contribution in [-0.2, 0) is 16.6 Å². The average molecular weight is 606 g/mol. The van der Waals surface area contributed by atoms with Gasteiger partial charge in [0, 0.05) is 28.6 Å². The predicted molar refractivity (Wildman–Crippen MR) is 187 cm³/mol. The Bertz CT molecular complexity index is 2200. The fourth-order valence-electron chi connectivity index (χ4n) is 7.20. The van der Waals surface area contributed by atoms with Crippen molar-refractivity contribution < 1.29 is 9.47 Å². The Morgan fingerprint density at radius 1 is 0.804 bits per heavy atom. The molecule has 0 spiro atoms. The van der Waals surface area contributed by atoms with Gasteiger partial charge >= 0.3 is 0 Å². The van der Waals surface area contributed by atoms with Gasteiger partial charge in [0.2, 0.25) is 5.90 Å². The van der Waals surface area contributed by atoms with E-state index in [1.807, 2.05) is 6.20 Å². The number of benzene rings is 4. The van der Waals surface area contributed by atoms with Gasteiger partial charge in [-0.3, -0.25) is 4.57 Å². The van der Waals surface area contributed by atoms with Crippen LogP contribution >= 0.6 is 0 Å². The minimum Gasteiger partial charge on any atom is -0.467 e. The molecule has 1 aliphatic carbocycles. The second kappa shape index (κ2) is 10.6. The van der Waals surface area contributed by atoms with Crippen LogP contribution in [0.5, 0.6) is 11.5 Å². The number of aliphatic imine (C=N–C) groups is 1. The third-order valence-electron chi connectivity index (χ3n) is 9.58. The van der Waals surface area contributed by atoms with E-state index < -0.39 is 0 Å². The van der Waals surface area contributed by atoms with Gasteiger partial charge in [-0.15, -0.1) is 0 Å². The van der Waals surface area contributed by atoms with Gasteiger partial charge in [-0.25, -0.2) is 9.98 Å². The summed E-state index contributed by atoms with van der Waals surface area (Å²) in [5.41, 5.74) is 10.7. The maximum atomic E-state index is 6.60. The van der Waals surface area contributed by atoms with E-state index in [9.17, 15) is 0 Å². The summed E-state index contributed by atoms with van der Waals surface area (Å²) in [6, 6.07) is 30.2. The molecule has 0 unspecified atom stereocenters. The molecule has 2 aliphatic rings. The number of aryl methyl sites for hydroxylation is 3. The molecule has 8 rings (SSSR count). The molecule has 0 N–H and O–H groups in total. The highest BCUT2D eigenvalue weighted by molar-refractivity contribution is 6.09. The lowest BCUT2D eigenvalue weighted by Crippen LogP contribution is -2.22. The molecule has 0 saturated carbocycles. The van der Waals surface area contributed by atoms with Gasteiger partial charge < -0.3 is 9.47 Å². The number of pyridine rings is 1. The molecule has 0 saturated heterocycles. The van der Waals surface area contributed by atoms with Crippen LogP contribution in [-0.4, -0.2) is 21.5 Å². The number of nitrogens with zero attached hydrogens (tertiary/aromatic N) is 3. The molecule has 2 atom stereocenters. The highest BCUT2D eigenvalue weighted by Crippen LogP contribution is 2.41. The van der Waals surface area contributed by atoms with E-state index >= 15 is 0 Å². The van der Waals surface area contributed by atoms with Gasteiger partial charge in [0.25, 0.3) is 0 Å². The Morgan fingerprint density at radius 2 is 1.67 bits per heavy atom. The van der Waals surface area contributed by atoms with Crippen molar-refractivity contribution in [2.45, 2.75) is 71.9 Å². The Balaban J connectivity index is 1.17. The standard InChI is InChI=1S/C41H39N3O2/c1-24-10-15-36-34(20-24)32-12-11-29(23-37(32)44(36)38-22-28(16-17-42-38)41(4,5)6)45-30-19-25(2)18-27(21-30)40-43-35-14-13-31-26(3)8-7-9-33(31)39(35)46-40/h7-12,15-23,35,39H,13-14H2,1-6H3/t35-,39+/m1/s1. The smallest absolute Gasteiger partial charge is 0.217 e. The van der Waals surface area contributed by atoms with Gasteiger partial charge in [-0.05, 0) is 121 Å². The Kier molecular flexibility index (Phi) is 6.57. The quantitative estimate of drug-likeness (QED) is 0.201. The Hall–Kier alpha value is -4.90. The minimum absolute atomic E-state index is 0.0115. The van der Waals surface area contributed by atoms with Crippen molar-refractivity contribution in [1.82, 2.24) is 9.55 Å². The Labute approximate surface area is 270 Å². The van der Waals surface area contributed by atoms with Gasteiger partial charge in [0.1, 0.15) is 23.4 Å². The predicted octanol–water partition coefficient (Wildman–Crippen LogP) is 10.0. The highest BCUT2D eigenvalue weighted by Gasteiger charge is 2.37. The van der Waals surface area contributed by atoms with E-state index in [2.05, 4.69) is 131 Å². The van der Waals surface area contributed by atoms with Crippen molar-refractivity contribution in [1.29, 1.82) is 0 Å². The van der Waals surface area contributed by atoms with E-state index in [-0.39, 0.29) is 17.6 Å². The van der Waals surface area contributed by atoms with Crippen molar-refractivity contribution >= 4 is 27.7 Å². The first-order valence-corrected chi connectivity index (χ1v) is 16.3. The number of aromatic nitrogens is 2. The third-order valence-corrected chi connectivity index (χ3v) is 9.58. The fourth-order valence-corrected chi connectivity index (χ4v) is 7.20. The van der Waals surface area contributed by atoms with Crippen LogP contribution in [0, 0.1) is 20.8 Å². The molecule has 5 heteroatoms. The van der Waals surface area contributed by atoms with Crippen LogP contribution in [0.1, 0.15) is 72.2 Å². The first-order valence-electron chi connectivity index (χ1n) is 16.3. The number of hydrogen-bond acceptors (Lipinski definition) is 4. The molecule has 0 bridgehead atoms. The monoisotopic (exact) mass is 605 g/mol. The van der Waals surface area contributed by atoms with E-state index in [0.717, 1.165) is 52.3 Å². The van der Waals surface area contributed by atoms with Crippen LogP contribution in [0.3, 0.4) is 0 Å². The zero-order chi connectivity index (χ0) is 31.7. The van der Waals surface area contributed by atoms with Gasteiger partial charge in [0.15, 0.2) is 0 Å². The van der Waals surface area contributed by atoms with Crippen molar-refractivity contribution in [2.24, 2.45) is 4.99 Å². The molecule has 230 valence electrons. The summed E-state index contributed by atoms with van der Waals surface area (Å²) in [5, 5.41) is 2.38. The summed E-state index contributed by atoms with van der Waals surface area (Å²) in [4.78, 5) is 9.91. The number of rotatable bonds is 4. The maximum Gasteiger partial charge on any atom is 0.217 e. The largest absolute Gasteiger partial charge is 0.467 e. The molecular weight excluding hydrogens is 566 g/mol. The van der Waals surface area contributed by atoms with Crippen molar-refractivity contribution in [2.75, 3.05) is 0 Å². The molecular formula is C41H39N3O2.